The molecule has 0 saturated heterocycles. The summed E-state index contributed by atoms with van der Waals surface area (Å²) in [7, 11) is 0. The molecule has 3 rings (SSSR count). The molecule has 2 N–H and O–H groups in total. The van der Waals surface area contributed by atoms with E-state index in [1.54, 1.807) is 25.3 Å². The van der Waals surface area contributed by atoms with Gasteiger partial charge in [-0.15, -0.1) is 11.3 Å². The summed E-state index contributed by atoms with van der Waals surface area (Å²) in [5.74, 6) is -1.90. The predicted octanol–water partition coefficient (Wildman–Crippen LogP) is 2.00. The summed E-state index contributed by atoms with van der Waals surface area (Å²) < 4.78 is 1.26. The summed E-state index contributed by atoms with van der Waals surface area (Å²) in [5, 5.41) is 18.4. The van der Waals surface area contributed by atoms with Crippen LogP contribution in [0.25, 0.3) is 21.6 Å². The fraction of sp³-hybridized carbons (Fsp3) is 0.188. The third kappa shape index (κ3) is 3.01. The molecule has 0 saturated carbocycles. The number of aliphatic carboxylic acids is 1. The molecule has 8 nitrogen and oxygen atoms in total. The van der Waals surface area contributed by atoms with Crippen molar-refractivity contribution in [3.05, 3.63) is 45.3 Å². The monoisotopic (exact) mass is 359 g/mol. The van der Waals surface area contributed by atoms with Crippen LogP contribution in [0.4, 0.5) is 0 Å². The van der Waals surface area contributed by atoms with Gasteiger partial charge in [0.25, 0.3) is 5.56 Å². The number of aromatic nitrogens is 3. The molecule has 25 heavy (non-hydrogen) atoms. The molecule has 9 heteroatoms. The smallest absolute Gasteiger partial charge is 0.346 e. The van der Waals surface area contributed by atoms with Crippen LogP contribution in [0.1, 0.15) is 21.7 Å². The Hall–Kier alpha value is -3.07. The Balaban J connectivity index is 2.33. The van der Waals surface area contributed by atoms with Crippen molar-refractivity contribution >= 4 is 33.5 Å². The lowest BCUT2D eigenvalue weighted by atomic mass is 10.2. The van der Waals surface area contributed by atoms with Crippen LogP contribution in [0.5, 0.6) is 0 Å². The Morgan fingerprint density at radius 2 is 2.08 bits per heavy atom. The van der Waals surface area contributed by atoms with Gasteiger partial charge in [0, 0.05) is 24.5 Å². The molecule has 3 heterocycles. The summed E-state index contributed by atoms with van der Waals surface area (Å²) >= 11 is 0.927. The first-order valence-electron chi connectivity index (χ1n) is 7.29. The molecular weight excluding hydrogens is 346 g/mol. The highest BCUT2D eigenvalue weighted by atomic mass is 32.1. The lowest BCUT2D eigenvalue weighted by molar-refractivity contribution is -0.137. The number of hydrogen-bond acceptors (Lipinski definition) is 6. The lowest BCUT2D eigenvalue weighted by Gasteiger charge is -2.11. The summed E-state index contributed by atoms with van der Waals surface area (Å²) in [6.07, 6.45) is 2.83. The predicted molar refractivity (Wildman–Crippen MR) is 91.1 cm³/mol. The second-order valence-electron chi connectivity index (χ2n) is 5.32. The lowest BCUT2D eigenvalue weighted by Crippen LogP contribution is -2.24. The zero-order chi connectivity index (χ0) is 18.1. The van der Waals surface area contributed by atoms with Crippen molar-refractivity contribution in [2.24, 2.45) is 0 Å². The zero-order valence-corrected chi connectivity index (χ0v) is 13.9. The largest absolute Gasteiger partial charge is 0.481 e. The molecule has 0 aliphatic heterocycles. The van der Waals surface area contributed by atoms with E-state index in [1.807, 2.05) is 0 Å². The molecule has 3 aromatic rings. The van der Waals surface area contributed by atoms with Gasteiger partial charge in [-0.05, 0) is 24.6 Å². The SMILES string of the molecule is Cc1c(C(=O)O)sc2nc(-c3cccnc3)n(CCC(=O)O)c(=O)c12. The molecule has 0 bridgehead atoms. The van der Waals surface area contributed by atoms with Gasteiger partial charge >= 0.3 is 11.9 Å². The van der Waals surface area contributed by atoms with Crippen LogP contribution in [0.2, 0.25) is 0 Å². The number of thiophene rings is 1. The highest BCUT2D eigenvalue weighted by Crippen LogP contribution is 2.29. The van der Waals surface area contributed by atoms with Gasteiger partial charge < -0.3 is 10.2 Å². The van der Waals surface area contributed by atoms with Crippen molar-refractivity contribution in [3.8, 4) is 11.4 Å². The molecule has 0 unspecified atom stereocenters. The molecule has 0 aliphatic carbocycles. The summed E-state index contributed by atoms with van der Waals surface area (Å²) in [4.78, 5) is 44.0. The first kappa shape index (κ1) is 16.8. The van der Waals surface area contributed by atoms with Gasteiger partial charge in [-0.3, -0.25) is 19.1 Å². The van der Waals surface area contributed by atoms with E-state index in [9.17, 15) is 19.5 Å². The average Bonchev–Trinajstić information content (AvgIpc) is 2.91. The average molecular weight is 359 g/mol. The van der Waals surface area contributed by atoms with Gasteiger partial charge in [-0.1, -0.05) is 0 Å². The maximum absolute atomic E-state index is 12.9. The van der Waals surface area contributed by atoms with Crippen LogP contribution in [0.3, 0.4) is 0 Å². The van der Waals surface area contributed by atoms with Crippen molar-refractivity contribution in [1.29, 1.82) is 0 Å². The fourth-order valence-electron chi connectivity index (χ4n) is 2.55. The van der Waals surface area contributed by atoms with E-state index in [-0.39, 0.29) is 29.1 Å². The number of nitrogens with zero attached hydrogens (tertiary/aromatic N) is 3. The molecule has 0 spiro atoms. The van der Waals surface area contributed by atoms with E-state index >= 15 is 0 Å². The number of carboxylic acid groups (broad SMARTS) is 2. The third-order valence-electron chi connectivity index (χ3n) is 3.71. The summed E-state index contributed by atoms with van der Waals surface area (Å²) in [5.41, 5.74) is 0.438. The Morgan fingerprint density at radius 1 is 1.32 bits per heavy atom. The Bertz CT molecular complexity index is 1040. The minimum Gasteiger partial charge on any atom is -0.481 e. The number of carbonyl (C=O) groups is 2. The third-order valence-corrected chi connectivity index (χ3v) is 4.89. The summed E-state index contributed by atoms with van der Waals surface area (Å²) in [6.45, 7) is 1.48. The van der Waals surface area contributed by atoms with Gasteiger partial charge in [0.2, 0.25) is 0 Å². The molecule has 0 amide bonds. The highest BCUT2D eigenvalue weighted by molar-refractivity contribution is 7.20. The maximum Gasteiger partial charge on any atom is 0.346 e. The standard InChI is InChI=1S/C16H13N3O5S/c1-8-11-14(25-12(8)16(23)24)18-13(9-3-2-5-17-7-9)19(15(11)22)6-4-10(20)21/h2-3,5,7H,4,6H2,1H3,(H,20,21)(H,23,24). The topological polar surface area (TPSA) is 122 Å². The normalized spacial score (nSPS) is 10.9. The quantitative estimate of drug-likeness (QED) is 0.714. The molecule has 3 aromatic heterocycles. The summed E-state index contributed by atoms with van der Waals surface area (Å²) in [6, 6.07) is 3.38. The van der Waals surface area contributed by atoms with Gasteiger partial charge in [0.1, 0.15) is 15.5 Å². The zero-order valence-electron chi connectivity index (χ0n) is 13.1. The van der Waals surface area contributed by atoms with Gasteiger partial charge in [0.05, 0.1) is 11.8 Å². The number of rotatable bonds is 5. The van der Waals surface area contributed by atoms with Crippen LogP contribution in [-0.2, 0) is 11.3 Å². The van der Waals surface area contributed by atoms with Gasteiger partial charge in [-0.25, -0.2) is 9.78 Å². The Kier molecular flexibility index (Phi) is 4.32. The van der Waals surface area contributed by atoms with Crippen LogP contribution in [0, 0.1) is 6.92 Å². The van der Waals surface area contributed by atoms with Crippen LogP contribution in [0.15, 0.2) is 29.3 Å². The van der Waals surface area contributed by atoms with Crippen molar-refractivity contribution in [1.82, 2.24) is 14.5 Å². The number of aromatic carboxylic acids is 1. The number of fused-ring (bicyclic) bond motifs is 1. The second-order valence-corrected chi connectivity index (χ2v) is 6.32. The second kappa shape index (κ2) is 6.44. The van der Waals surface area contributed by atoms with E-state index < -0.39 is 17.5 Å². The maximum atomic E-state index is 12.9. The fourth-order valence-corrected chi connectivity index (χ4v) is 3.56. The van der Waals surface area contributed by atoms with E-state index in [0.717, 1.165) is 11.3 Å². The molecule has 0 aliphatic rings. The molecule has 0 aromatic carbocycles. The number of pyridine rings is 1. The van der Waals surface area contributed by atoms with Crippen molar-refractivity contribution < 1.29 is 19.8 Å². The minimum atomic E-state index is -1.13. The van der Waals surface area contributed by atoms with E-state index in [1.165, 1.54) is 10.8 Å². The molecule has 128 valence electrons. The first-order chi connectivity index (χ1) is 11.9. The molecule has 0 atom stereocenters. The van der Waals surface area contributed by atoms with E-state index in [2.05, 4.69) is 9.97 Å². The van der Waals surface area contributed by atoms with Crippen molar-refractivity contribution in [2.45, 2.75) is 19.9 Å². The highest BCUT2D eigenvalue weighted by Gasteiger charge is 2.22. The minimum absolute atomic E-state index is 0.0488. The first-order valence-corrected chi connectivity index (χ1v) is 8.11. The number of aryl methyl sites for hydroxylation is 1. The van der Waals surface area contributed by atoms with Crippen LogP contribution >= 0.6 is 11.3 Å². The van der Waals surface area contributed by atoms with Crippen LogP contribution in [-0.4, -0.2) is 36.7 Å². The van der Waals surface area contributed by atoms with Crippen molar-refractivity contribution in [3.63, 3.8) is 0 Å². The number of carboxylic acids is 2. The Labute approximate surface area is 145 Å². The van der Waals surface area contributed by atoms with E-state index in [0.29, 0.717) is 16.0 Å². The Morgan fingerprint density at radius 3 is 2.68 bits per heavy atom. The molecule has 0 radical (unpaired) electrons. The van der Waals surface area contributed by atoms with E-state index in [4.69, 9.17) is 5.11 Å². The van der Waals surface area contributed by atoms with Gasteiger partial charge in [-0.2, -0.15) is 0 Å². The van der Waals surface area contributed by atoms with Gasteiger partial charge in [0.15, 0.2) is 0 Å². The number of hydrogen-bond donors (Lipinski definition) is 2. The van der Waals surface area contributed by atoms with Crippen molar-refractivity contribution in [2.75, 3.05) is 0 Å². The molecular formula is C16H13N3O5S. The van der Waals surface area contributed by atoms with Crippen LogP contribution < -0.4 is 5.56 Å². The molecule has 0 fully saturated rings.